The molecule has 1 rings (SSSR count). The van der Waals surface area contributed by atoms with Gasteiger partial charge in [0.15, 0.2) is 17.6 Å². The fourth-order valence-electron chi connectivity index (χ4n) is 1.62. The van der Waals surface area contributed by atoms with Crippen molar-refractivity contribution in [2.75, 3.05) is 6.61 Å². The van der Waals surface area contributed by atoms with E-state index in [0.717, 1.165) is 5.56 Å². The van der Waals surface area contributed by atoms with Crippen molar-refractivity contribution in [3.8, 4) is 17.6 Å². The number of ether oxygens (including phenoxy) is 2. The number of hydrogen-bond acceptors (Lipinski definition) is 4. The molecule has 0 aliphatic carbocycles. The van der Waals surface area contributed by atoms with Crippen molar-refractivity contribution in [1.82, 2.24) is 5.32 Å². The Hall–Kier alpha value is -1.73. The van der Waals surface area contributed by atoms with Crippen LogP contribution in [-0.4, -0.2) is 18.8 Å². The lowest BCUT2D eigenvalue weighted by Gasteiger charge is -2.18. The van der Waals surface area contributed by atoms with E-state index in [1.165, 1.54) is 0 Å². The van der Waals surface area contributed by atoms with Gasteiger partial charge >= 0.3 is 0 Å². The van der Waals surface area contributed by atoms with E-state index < -0.39 is 6.10 Å². The molecule has 0 saturated heterocycles. The summed E-state index contributed by atoms with van der Waals surface area (Å²) >= 11 is 0. The summed E-state index contributed by atoms with van der Waals surface area (Å²) in [5.74, 6) is 1.35. The van der Waals surface area contributed by atoms with E-state index in [0.29, 0.717) is 30.7 Å². The summed E-state index contributed by atoms with van der Waals surface area (Å²) in [6.45, 7) is 9.08. The molecule has 1 unspecified atom stereocenters. The third-order valence-electron chi connectivity index (χ3n) is 2.54. The molecular formula is C15H22N2O2. The SMILES string of the molecule is CCOc1cccc(CNC(C)C)c1OC(C)C#N. The van der Waals surface area contributed by atoms with Crippen molar-refractivity contribution in [2.24, 2.45) is 0 Å². The fourth-order valence-corrected chi connectivity index (χ4v) is 1.62. The second-order valence-electron chi connectivity index (χ2n) is 4.60. The minimum atomic E-state index is -0.501. The Bertz CT molecular complexity index is 438. The zero-order valence-corrected chi connectivity index (χ0v) is 12.1. The number of para-hydroxylation sites is 1. The monoisotopic (exact) mass is 262 g/mol. The molecule has 0 aliphatic rings. The number of nitrogens with zero attached hydrogens (tertiary/aromatic N) is 1. The summed E-state index contributed by atoms with van der Waals surface area (Å²) < 4.78 is 11.3. The van der Waals surface area contributed by atoms with Crippen LogP contribution in [0.3, 0.4) is 0 Å². The van der Waals surface area contributed by atoms with Gasteiger partial charge in [-0.2, -0.15) is 5.26 Å². The molecule has 1 aromatic rings. The fraction of sp³-hybridized carbons (Fsp3) is 0.533. The lowest BCUT2D eigenvalue weighted by Crippen LogP contribution is -2.23. The second-order valence-corrected chi connectivity index (χ2v) is 4.60. The van der Waals surface area contributed by atoms with Gasteiger partial charge in [-0.15, -0.1) is 0 Å². The first-order chi connectivity index (χ1) is 9.08. The van der Waals surface area contributed by atoms with E-state index in [4.69, 9.17) is 14.7 Å². The van der Waals surface area contributed by atoms with E-state index in [2.05, 4.69) is 25.2 Å². The molecule has 19 heavy (non-hydrogen) atoms. The highest BCUT2D eigenvalue weighted by atomic mass is 16.5. The normalized spacial score (nSPS) is 12.0. The van der Waals surface area contributed by atoms with Crippen molar-refractivity contribution in [3.05, 3.63) is 23.8 Å². The number of nitrogens with one attached hydrogen (secondary N) is 1. The lowest BCUT2D eigenvalue weighted by atomic mass is 10.1. The molecule has 0 bridgehead atoms. The molecule has 0 fully saturated rings. The van der Waals surface area contributed by atoms with Crippen molar-refractivity contribution in [2.45, 2.75) is 46.4 Å². The highest BCUT2D eigenvalue weighted by Gasteiger charge is 2.14. The molecule has 0 radical (unpaired) electrons. The van der Waals surface area contributed by atoms with Crippen molar-refractivity contribution in [3.63, 3.8) is 0 Å². The Morgan fingerprint density at radius 2 is 2.05 bits per heavy atom. The van der Waals surface area contributed by atoms with Gasteiger partial charge in [-0.25, -0.2) is 0 Å². The molecule has 0 spiro atoms. The molecule has 0 aliphatic heterocycles. The first-order valence-electron chi connectivity index (χ1n) is 6.62. The maximum absolute atomic E-state index is 8.89. The van der Waals surface area contributed by atoms with Crippen LogP contribution in [0.15, 0.2) is 18.2 Å². The summed E-state index contributed by atoms with van der Waals surface area (Å²) in [6.07, 6.45) is -0.501. The molecule has 0 amide bonds. The lowest BCUT2D eigenvalue weighted by molar-refractivity contribution is 0.246. The van der Waals surface area contributed by atoms with Crippen LogP contribution in [0.4, 0.5) is 0 Å². The Morgan fingerprint density at radius 1 is 1.32 bits per heavy atom. The van der Waals surface area contributed by atoms with Gasteiger partial charge in [0.1, 0.15) is 6.07 Å². The van der Waals surface area contributed by atoms with Crippen LogP contribution in [-0.2, 0) is 6.54 Å². The summed E-state index contributed by atoms with van der Waals surface area (Å²) in [4.78, 5) is 0. The Labute approximate surface area is 115 Å². The molecule has 0 aromatic heterocycles. The topological polar surface area (TPSA) is 54.3 Å². The van der Waals surface area contributed by atoms with Crippen LogP contribution < -0.4 is 14.8 Å². The van der Waals surface area contributed by atoms with Gasteiger partial charge in [0.05, 0.1) is 6.61 Å². The van der Waals surface area contributed by atoms with Crippen molar-refractivity contribution < 1.29 is 9.47 Å². The largest absolute Gasteiger partial charge is 0.490 e. The average molecular weight is 262 g/mol. The highest BCUT2D eigenvalue weighted by molar-refractivity contribution is 5.47. The quantitative estimate of drug-likeness (QED) is 0.821. The zero-order valence-electron chi connectivity index (χ0n) is 12.1. The molecule has 4 nitrogen and oxygen atoms in total. The van der Waals surface area contributed by atoms with Gasteiger partial charge < -0.3 is 14.8 Å². The maximum atomic E-state index is 8.89. The highest BCUT2D eigenvalue weighted by Crippen LogP contribution is 2.32. The molecule has 0 heterocycles. The van der Waals surface area contributed by atoms with Gasteiger partial charge in [-0.1, -0.05) is 26.0 Å². The Balaban J connectivity index is 2.99. The smallest absolute Gasteiger partial charge is 0.181 e. The molecular weight excluding hydrogens is 240 g/mol. The molecule has 0 saturated carbocycles. The average Bonchev–Trinajstić information content (AvgIpc) is 2.39. The summed E-state index contributed by atoms with van der Waals surface area (Å²) in [5, 5.41) is 12.2. The zero-order chi connectivity index (χ0) is 14.3. The number of rotatable bonds is 7. The van der Waals surface area contributed by atoms with Crippen LogP contribution in [0, 0.1) is 11.3 Å². The molecule has 1 N–H and O–H groups in total. The van der Waals surface area contributed by atoms with Gasteiger partial charge in [-0.3, -0.25) is 0 Å². The van der Waals surface area contributed by atoms with Crippen LogP contribution in [0.25, 0.3) is 0 Å². The van der Waals surface area contributed by atoms with E-state index in [1.807, 2.05) is 25.1 Å². The predicted molar refractivity (Wildman–Crippen MR) is 75.3 cm³/mol. The Kier molecular flexibility index (Phi) is 6.17. The van der Waals surface area contributed by atoms with E-state index in [1.54, 1.807) is 6.92 Å². The summed E-state index contributed by atoms with van der Waals surface area (Å²) in [6, 6.07) is 8.25. The number of benzene rings is 1. The standard InChI is InChI=1S/C15H22N2O2/c1-5-18-14-8-6-7-13(10-17-11(2)3)15(14)19-12(4)9-16/h6-8,11-12,17H,5,10H2,1-4H3. The van der Waals surface area contributed by atoms with Crippen molar-refractivity contribution >= 4 is 0 Å². The number of hydrogen-bond donors (Lipinski definition) is 1. The first-order valence-corrected chi connectivity index (χ1v) is 6.62. The predicted octanol–water partition coefficient (Wildman–Crippen LogP) is 2.87. The summed E-state index contributed by atoms with van der Waals surface area (Å²) in [7, 11) is 0. The third-order valence-corrected chi connectivity index (χ3v) is 2.54. The van der Waals surface area contributed by atoms with Crippen LogP contribution >= 0.6 is 0 Å². The minimum absolute atomic E-state index is 0.386. The molecule has 104 valence electrons. The van der Waals surface area contributed by atoms with Crippen LogP contribution in [0.2, 0.25) is 0 Å². The van der Waals surface area contributed by atoms with Gasteiger partial charge in [0.2, 0.25) is 0 Å². The van der Waals surface area contributed by atoms with E-state index in [-0.39, 0.29) is 0 Å². The first kappa shape index (κ1) is 15.3. The maximum Gasteiger partial charge on any atom is 0.181 e. The van der Waals surface area contributed by atoms with Gasteiger partial charge in [0, 0.05) is 18.2 Å². The molecule has 1 atom stereocenters. The molecule has 4 heteroatoms. The minimum Gasteiger partial charge on any atom is -0.490 e. The third kappa shape index (κ3) is 4.80. The Morgan fingerprint density at radius 3 is 2.63 bits per heavy atom. The second kappa shape index (κ2) is 7.65. The van der Waals surface area contributed by atoms with Gasteiger partial charge in [0.25, 0.3) is 0 Å². The van der Waals surface area contributed by atoms with Crippen LogP contribution in [0.5, 0.6) is 11.5 Å². The van der Waals surface area contributed by atoms with E-state index in [9.17, 15) is 0 Å². The van der Waals surface area contributed by atoms with Crippen molar-refractivity contribution in [1.29, 1.82) is 5.26 Å². The number of nitriles is 1. The molecule has 1 aromatic carbocycles. The van der Waals surface area contributed by atoms with Crippen LogP contribution in [0.1, 0.15) is 33.3 Å². The summed E-state index contributed by atoms with van der Waals surface area (Å²) in [5.41, 5.74) is 1.00. The van der Waals surface area contributed by atoms with E-state index >= 15 is 0 Å². The van der Waals surface area contributed by atoms with Gasteiger partial charge in [-0.05, 0) is 19.9 Å².